The first-order valence-corrected chi connectivity index (χ1v) is 9.88. The molecule has 0 saturated carbocycles. The molecule has 156 valence electrons. The zero-order chi connectivity index (χ0) is 21.2. The minimum atomic E-state index is -0.709. The van der Waals surface area contributed by atoms with Crippen molar-refractivity contribution in [3.63, 3.8) is 0 Å². The van der Waals surface area contributed by atoms with Crippen molar-refractivity contribution in [1.29, 1.82) is 0 Å². The van der Waals surface area contributed by atoms with E-state index in [2.05, 4.69) is 45.1 Å². The van der Waals surface area contributed by atoms with Gasteiger partial charge in [0.15, 0.2) is 6.40 Å². The summed E-state index contributed by atoms with van der Waals surface area (Å²) in [7, 11) is 3.68. The lowest BCUT2D eigenvalue weighted by atomic mass is 10.1. The molecule has 3 rings (SSSR count). The van der Waals surface area contributed by atoms with Crippen LogP contribution in [0.25, 0.3) is 0 Å². The predicted octanol–water partition coefficient (Wildman–Crippen LogP) is 2.18. The number of nitrogens with zero attached hydrogens (tertiary/aromatic N) is 4. The Morgan fingerprint density at radius 3 is 2.62 bits per heavy atom. The number of piperazine rings is 1. The van der Waals surface area contributed by atoms with Crippen LogP contribution < -0.4 is 10.2 Å². The van der Waals surface area contributed by atoms with Gasteiger partial charge in [0.1, 0.15) is 5.60 Å². The fourth-order valence-electron chi connectivity index (χ4n) is 3.91. The van der Waals surface area contributed by atoms with Crippen LogP contribution in [0, 0.1) is 6.92 Å². The van der Waals surface area contributed by atoms with Crippen molar-refractivity contribution >= 4 is 37.9 Å². The highest BCUT2D eigenvalue weighted by Crippen LogP contribution is 2.35. The number of hydrogen-bond donors (Lipinski definition) is 1. The third-order valence-corrected chi connectivity index (χ3v) is 5.15. The first kappa shape index (κ1) is 21.2. The van der Waals surface area contributed by atoms with Crippen LogP contribution in [-0.2, 0) is 9.39 Å². The number of likely N-dealkylation sites (N-methyl/N-ethyl adjacent to an activating group) is 1. The van der Waals surface area contributed by atoms with E-state index in [4.69, 9.17) is 9.39 Å². The number of hydrogen-bond acceptors (Lipinski definition) is 5. The van der Waals surface area contributed by atoms with E-state index in [1.165, 1.54) is 26.6 Å². The molecule has 1 aromatic rings. The van der Waals surface area contributed by atoms with Crippen LogP contribution >= 0.6 is 0 Å². The van der Waals surface area contributed by atoms with Crippen molar-refractivity contribution in [3.05, 3.63) is 23.8 Å². The van der Waals surface area contributed by atoms with Crippen molar-refractivity contribution in [3.8, 4) is 0 Å². The number of rotatable bonds is 3. The smallest absolute Gasteiger partial charge is 0.437 e. The van der Waals surface area contributed by atoms with Gasteiger partial charge in [-0.25, -0.2) is 4.79 Å². The Balaban J connectivity index is 1.74. The molecule has 2 fully saturated rings. The monoisotopic (exact) mass is 399 g/mol. The highest BCUT2D eigenvalue weighted by molar-refractivity contribution is 6.06. The van der Waals surface area contributed by atoms with Gasteiger partial charge >= 0.3 is 14.1 Å². The summed E-state index contributed by atoms with van der Waals surface area (Å²) in [5.74, 6) is 0.107. The number of carbonyl (C=O) groups is 1. The van der Waals surface area contributed by atoms with E-state index >= 15 is 0 Å². The zero-order valence-corrected chi connectivity index (χ0v) is 18.1. The van der Waals surface area contributed by atoms with Crippen molar-refractivity contribution in [2.45, 2.75) is 51.8 Å². The predicted molar refractivity (Wildman–Crippen MR) is 119 cm³/mol. The van der Waals surface area contributed by atoms with Gasteiger partial charge in [0.25, 0.3) is 0 Å². The molecule has 1 aromatic carbocycles. The quantitative estimate of drug-likeness (QED) is 0.477. The van der Waals surface area contributed by atoms with Crippen molar-refractivity contribution in [1.82, 2.24) is 4.90 Å². The van der Waals surface area contributed by atoms with Gasteiger partial charge in [0.2, 0.25) is 5.96 Å². The van der Waals surface area contributed by atoms with E-state index in [9.17, 15) is 4.79 Å². The summed E-state index contributed by atoms with van der Waals surface area (Å²) in [6.45, 7) is 9.64. The van der Waals surface area contributed by atoms with Gasteiger partial charge in [-0.05, 0) is 64.9 Å². The summed E-state index contributed by atoms with van der Waals surface area (Å²) in [6.07, 6.45) is 1.74. The summed E-state index contributed by atoms with van der Waals surface area (Å²) in [6, 6.07) is 7.36. The molecule has 2 saturated heterocycles. The highest BCUT2D eigenvalue weighted by atomic mass is 16.6. The van der Waals surface area contributed by atoms with Crippen molar-refractivity contribution < 1.29 is 14.2 Å². The summed E-state index contributed by atoms with van der Waals surface area (Å²) in [5.41, 5.74) is 2.58. The number of benzene rings is 1. The largest absolute Gasteiger partial charge is 0.560 e. The maximum atomic E-state index is 12.0. The van der Waals surface area contributed by atoms with Gasteiger partial charge < -0.3 is 19.6 Å². The summed E-state index contributed by atoms with van der Waals surface area (Å²) in [4.78, 5) is 25.0. The number of aryl methyl sites for hydroxylation is 1. The Labute approximate surface area is 173 Å². The van der Waals surface area contributed by atoms with E-state index in [-0.39, 0.29) is 5.96 Å². The number of anilines is 2. The number of carbonyl (C=O) groups excluding carboxylic acids is 1. The first-order valence-electron chi connectivity index (χ1n) is 9.88. The molecule has 0 aliphatic carbocycles. The summed E-state index contributed by atoms with van der Waals surface area (Å²) in [5, 5.41) is 3.07. The van der Waals surface area contributed by atoms with Gasteiger partial charge in [0.05, 0.1) is 0 Å². The molecular weight excluding hydrogens is 369 g/mol. The van der Waals surface area contributed by atoms with E-state index in [1.54, 1.807) is 20.8 Å². The minimum Gasteiger partial charge on any atom is -0.560 e. The van der Waals surface area contributed by atoms with Gasteiger partial charge in [0, 0.05) is 36.5 Å². The van der Waals surface area contributed by atoms with Gasteiger partial charge in [-0.2, -0.15) is 4.99 Å². The molecule has 2 aliphatic heterocycles. The maximum Gasteiger partial charge on any atom is 0.437 e. The fourth-order valence-corrected chi connectivity index (χ4v) is 3.91. The normalized spacial score (nSPS) is 22.4. The van der Waals surface area contributed by atoms with Crippen LogP contribution in [0.2, 0.25) is 0 Å². The Morgan fingerprint density at radius 1 is 1.31 bits per heavy atom. The number of guanidine groups is 1. The van der Waals surface area contributed by atoms with Crippen LogP contribution in [0.5, 0.6) is 0 Å². The number of likely N-dealkylation sites (tertiary alicyclic amines) is 1. The Bertz CT molecular complexity index is 819. The molecular formula is C20H30BN5O3. The molecule has 2 unspecified atom stereocenters. The average Bonchev–Trinajstić information content (AvgIpc) is 3.17. The van der Waals surface area contributed by atoms with Crippen LogP contribution in [0.4, 0.5) is 16.2 Å². The molecule has 0 radical (unpaired) electrons. The van der Waals surface area contributed by atoms with Crippen molar-refractivity contribution in [2.75, 3.05) is 30.4 Å². The Kier molecular flexibility index (Phi) is 6.17. The minimum absolute atomic E-state index is 0.107. The number of aliphatic imine (C=N–C) groups is 2. The second kappa shape index (κ2) is 8.45. The third kappa shape index (κ3) is 5.29. The summed E-state index contributed by atoms with van der Waals surface area (Å²) >= 11 is 0. The molecule has 2 atom stereocenters. The van der Waals surface area contributed by atoms with Crippen LogP contribution in [-0.4, -0.2) is 69.2 Å². The fraction of sp³-hybridized carbons (Fsp3) is 0.550. The van der Waals surface area contributed by atoms with Crippen LogP contribution in [0.15, 0.2) is 28.2 Å². The highest BCUT2D eigenvalue weighted by Gasteiger charge is 2.41. The molecule has 2 aliphatic rings. The molecule has 0 spiro atoms. The molecule has 8 nitrogen and oxygen atoms in total. The Hall–Kier alpha value is -2.55. The molecule has 1 amide bonds. The van der Waals surface area contributed by atoms with Crippen molar-refractivity contribution in [2.24, 2.45) is 9.98 Å². The number of amides is 1. The molecule has 9 heteroatoms. The standard InChI is InChI=1S/C20H30BN5O3/c1-13-8-14(6-7-17(13)26-11-15-9-16(26)10-25(15)5)23-18(22-12-28-21)24-19(27)29-20(2,3)4/h6-8,12,15-16H,9-11,21H2,1-5H3,(H,23,24,27). The van der Waals surface area contributed by atoms with E-state index in [1.807, 2.05) is 12.1 Å². The van der Waals surface area contributed by atoms with E-state index in [0.29, 0.717) is 12.1 Å². The molecule has 2 bridgehead atoms. The van der Waals surface area contributed by atoms with Crippen LogP contribution in [0.1, 0.15) is 32.8 Å². The van der Waals surface area contributed by atoms with E-state index in [0.717, 1.165) is 24.3 Å². The molecule has 2 heterocycles. The first-order chi connectivity index (χ1) is 13.7. The topological polar surface area (TPSA) is 78.8 Å². The lowest BCUT2D eigenvalue weighted by Gasteiger charge is -2.34. The molecule has 0 aromatic heterocycles. The second-order valence-electron chi connectivity index (χ2n) is 8.65. The number of ether oxygens (including phenoxy) is 1. The molecule has 29 heavy (non-hydrogen) atoms. The SMILES string of the molecule is BOC=N/C(=N/C(=O)OC(C)(C)C)Nc1ccc(N2CC3CC2CN3C)c(C)c1. The average molecular weight is 399 g/mol. The maximum absolute atomic E-state index is 12.0. The lowest BCUT2D eigenvalue weighted by Crippen LogP contribution is -2.44. The third-order valence-electron chi connectivity index (χ3n) is 5.15. The van der Waals surface area contributed by atoms with E-state index < -0.39 is 11.7 Å². The zero-order valence-electron chi connectivity index (χ0n) is 18.1. The molecule has 1 N–H and O–H groups in total. The Morgan fingerprint density at radius 2 is 2.07 bits per heavy atom. The van der Waals surface area contributed by atoms with Gasteiger partial charge in [-0.15, -0.1) is 4.99 Å². The number of nitrogens with one attached hydrogen (secondary N) is 1. The van der Waals surface area contributed by atoms with Gasteiger partial charge in [-0.3, -0.25) is 4.90 Å². The van der Waals surface area contributed by atoms with Crippen LogP contribution in [0.3, 0.4) is 0 Å². The summed E-state index contributed by atoms with van der Waals surface area (Å²) < 4.78 is 10.1. The second-order valence-corrected chi connectivity index (χ2v) is 8.65. The van der Waals surface area contributed by atoms with Gasteiger partial charge in [-0.1, -0.05) is 0 Å². The number of fused-ring (bicyclic) bond motifs is 2. The lowest BCUT2D eigenvalue weighted by molar-refractivity contribution is 0.0604.